The molecule has 564 valence electrons. The van der Waals surface area contributed by atoms with Crippen molar-refractivity contribution in [2.75, 3.05) is 69.3 Å². The van der Waals surface area contributed by atoms with Gasteiger partial charge in [0, 0.05) is 125 Å². The number of anilines is 1. The van der Waals surface area contributed by atoms with Gasteiger partial charge in [0.1, 0.15) is 36.1 Å². The van der Waals surface area contributed by atoms with Crippen LogP contribution in [0, 0.1) is 0 Å². The Hall–Kier alpha value is -7.14. The summed E-state index contributed by atoms with van der Waals surface area (Å²) < 4.78 is 135. The van der Waals surface area contributed by atoms with Gasteiger partial charge in [0.15, 0.2) is 5.54 Å². The average Bonchev–Trinajstić information content (AvgIpc) is 1.09. The molecule has 2 unspecified atom stereocenters. The van der Waals surface area contributed by atoms with Crippen molar-refractivity contribution < 1.29 is 106 Å². The molecule has 4 aliphatic rings. The number of ether oxygens (including phenoxy) is 2. The third-order valence-electron chi connectivity index (χ3n) is 17.5. The molecule has 0 spiro atoms. The lowest BCUT2D eigenvalue weighted by Gasteiger charge is -2.44. The molecule has 0 saturated carbocycles. The van der Waals surface area contributed by atoms with Crippen LogP contribution in [-0.2, 0) is 66.2 Å². The van der Waals surface area contributed by atoms with E-state index in [9.17, 15) is 83.3 Å². The summed E-state index contributed by atoms with van der Waals surface area (Å²) in [4.78, 5) is 120. The van der Waals surface area contributed by atoms with Crippen LogP contribution < -0.4 is 52.0 Å². The van der Waals surface area contributed by atoms with Crippen molar-refractivity contribution in [3.63, 3.8) is 0 Å². The van der Waals surface area contributed by atoms with Crippen LogP contribution in [0.4, 0.5) is 5.69 Å². The predicted molar refractivity (Wildman–Crippen MR) is 377 cm³/mol. The highest BCUT2D eigenvalue weighted by Crippen LogP contribution is 2.66. The topological polar surface area (TPSA) is 479 Å². The number of likely N-dealkylation sites (N-methyl/N-ethyl adjacent to an activating group) is 2. The number of amides is 4. The molecule has 4 aliphatic heterocycles. The summed E-state index contributed by atoms with van der Waals surface area (Å²) in [6.07, 6.45) is 7.43. The number of hydrogen-bond donors (Lipinski definition) is 10. The van der Waals surface area contributed by atoms with E-state index in [0.29, 0.717) is 138 Å². The molecule has 3 aromatic carbocycles. The minimum Gasteiger partial charge on any atom is -0.748 e. The van der Waals surface area contributed by atoms with Crippen LogP contribution in [0.1, 0.15) is 157 Å². The van der Waals surface area contributed by atoms with Crippen LogP contribution in [0.5, 0.6) is 11.5 Å². The molecule has 103 heavy (non-hydrogen) atoms. The third-order valence-corrected chi connectivity index (χ3v) is 22.6. The SMILES string of the molecule is CCN1c2cc3c(cc2C(CS(=O)(=O)[O-])=CC1(C)C)C(c1ccccc1C(=O)N(C)CCCC(=O)NCCCCCC(=O)NCCCCCC(=O)NC/C=C/c1cn([C@H]2C[C@H](O)[C@@H](COP(=O)(O)OP(=O)(O)OP(=O)(O)O)O2)c(=O)[nH]c1=O)=c1cc2c(cc1O3)=[N+](CC)C(C)(C)C=C2CS(=O)(=O)O. The van der Waals surface area contributed by atoms with Gasteiger partial charge in [-0.1, -0.05) is 49.3 Å². The Morgan fingerprint density at radius 1 is 0.786 bits per heavy atom. The van der Waals surface area contributed by atoms with Gasteiger partial charge in [-0.3, -0.25) is 42.6 Å². The Kier molecular flexibility index (Phi) is 26.5. The third kappa shape index (κ3) is 22.0. The molecule has 5 heterocycles. The van der Waals surface area contributed by atoms with E-state index in [1.165, 1.54) is 17.1 Å². The number of unbranched alkanes of at least 4 members (excludes halogenated alkanes) is 4. The van der Waals surface area contributed by atoms with Gasteiger partial charge in [-0.2, -0.15) is 17.0 Å². The van der Waals surface area contributed by atoms with Crippen molar-refractivity contribution in [1.82, 2.24) is 35.0 Å². The van der Waals surface area contributed by atoms with E-state index in [0.717, 1.165) is 10.8 Å². The molecule has 4 amide bonds. The number of aromatic nitrogens is 2. The minimum atomic E-state index is -5.81. The smallest absolute Gasteiger partial charge is 0.490 e. The zero-order valence-corrected chi connectivity index (χ0v) is 62.1. The zero-order chi connectivity index (χ0) is 75.8. The highest BCUT2D eigenvalue weighted by molar-refractivity contribution is 7.86. The van der Waals surface area contributed by atoms with Crippen molar-refractivity contribution in [1.29, 1.82) is 0 Å². The van der Waals surface area contributed by atoms with E-state index in [1.807, 2.05) is 53.7 Å². The van der Waals surface area contributed by atoms with E-state index in [-0.39, 0.29) is 73.5 Å². The number of rotatable bonds is 35. The molecule has 0 bridgehead atoms. The van der Waals surface area contributed by atoms with E-state index >= 15 is 0 Å². The predicted octanol–water partition coefficient (Wildman–Crippen LogP) is 4.04. The van der Waals surface area contributed by atoms with Gasteiger partial charge in [0.2, 0.25) is 23.1 Å². The number of phosphoric ester groups is 1. The molecule has 5 atom stereocenters. The van der Waals surface area contributed by atoms with Crippen LogP contribution in [-0.4, -0.2) is 176 Å². The average molecular weight is 1540 g/mol. The first-order valence-corrected chi connectivity index (χ1v) is 40.9. The molecule has 1 fully saturated rings. The maximum absolute atomic E-state index is 14.8. The number of carbonyl (C=O) groups excluding carboxylic acids is 4. The molecule has 4 aromatic rings. The van der Waals surface area contributed by atoms with Crippen molar-refractivity contribution in [2.24, 2.45) is 0 Å². The molecule has 1 aromatic heterocycles. The summed E-state index contributed by atoms with van der Waals surface area (Å²) in [5.74, 6) is -1.74. The second-order valence-electron chi connectivity index (χ2n) is 26.2. The van der Waals surface area contributed by atoms with Crippen LogP contribution in [0.3, 0.4) is 0 Å². The fourth-order valence-electron chi connectivity index (χ4n) is 13.0. The van der Waals surface area contributed by atoms with Gasteiger partial charge in [0.05, 0.1) is 51.3 Å². The number of nitrogens with one attached hydrogen (secondary N) is 4. The lowest BCUT2D eigenvalue weighted by molar-refractivity contribution is -0.122. The van der Waals surface area contributed by atoms with Gasteiger partial charge in [-0.15, -0.1) is 0 Å². The highest BCUT2D eigenvalue weighted by Gasteiger charge is 2.44. The number of phosphoric acid groups is 3. The number of hydrogen-bond acceptors (Lipinski definition) is 21. The monoisotopic (exact) mass is 1540 g/mol. The number of aliphatic hydroxyl groups is 1. The Balaban J connectivity index is 0.776. The molecule has 0 radical (unpaired) electrons. The fourth-order valence-corrected chi connectivity index (χ4v) is 17.3. The van der Waals surface area contributed by atoms with Crippen molar-refractivity contribution in [3.05, 3.63) is 138 Å². The van der Waals surface area contributed by atoms with Gasteiger partial charge >= 0.3 is 29.2 Å². The first kappa shape index (κ1) is 81.5. The van der Waals surface area contributed by atoms with Crippen molar-refractivity contribution in [3.8, 4) is 11.5 Å². The summed E-state index contributed by atoms with van der Waals surface area (Å²) in [6.45, 7) is 12.6. The number of fused-ring (bicyclic) bond motifs is 4. The number of aromatic amines is 1. The molecule has 33 nitrogen and oxygen atoms in total. The Bertz CT molecular complexity index is 4680. The molecule has 10 N–H and O–H groups in total. The summed E-state index contributed by atoms with van der Waals surface area (Å²) in [6, 6.07) is 14.2. The van der Waals surface area contributed by atoms with Crippen LogP contribution in [0.15, 0.2) is 82.5 Å². The Morgan fingerprint density at radius 2 is 1.42 bits per heavy atom. The van der Waals surface area contributed by atoms with Gasteiger partial charge < -0.3 is 64.5 Å². The standard InChI is InChI=1S/C65H87N8O25P3S2/c1-8-72-50-32-53-48(30-46(50)42(35-64(72,3)4)39-102(88,89)90)60(49-31-47-43(40-103(91,92)93)36-65(5,6)73(9-2)51(47)33-54(49)95-53)44-21-14-15-22-45(44)62(79)70(7)29-19-25-58(77)67-27-17-10-12-23-56(75)66-26-16-11-13-24-57(76)68-28-18-20-41-37-71(63(80)69-61(41)78)59-34-52(74)55(96-59)38-94-100(84,85)98-101(86,87)97-99(81,82)83/h14-15,18,20-22,30-33,35-37,52,55,59,74H,8-13,16-17,19,23-29,34,38-40H2,1-7H3,(H9-,66,67,68,69,75,76,77,78,80,81,82,83,84,85,86,87,88,89,90,91,92,93)/b20-18+/t52-,55+,59+/m0/s1. The fraction of sp³-hybridized carbons (Fsp3) is 0.492. The highest BCUT2D eigenvalue weighted by atomic mass is 32.2. The second-order valence-corrected chi connectivity index (χ2v) is 33.5. The van der Waals surface area contributed by atoms with E-state index < -0.39 is 103 Å². The summed E-state index contributed by atoms with van der Waals surface area (Å²) in [5.41, 5.74) is 0.714. The molecule has 38 heteroatoms. The first-order valence-electron chi connectivity index (χ1n) is 33.2. The molecule has 1 saturated heterocycles. The maximum Gasteiger partial charge on any atom is 0.490 e. The number of benzene rings is 3. The van der Waals surface area contributed by atoms with Gasteiger partial charge in [-0.05, 0) is 101 Å². The number of H-pyrrole nitrogens is 1. The Morgan fingerprint density at radius 3 is 2.04 bits per heavy atom. The second kappa shape index (κ2) is 33.5. The van der Waals surface area contributed by atoms with E-state index in [1.54, 1.807) is 55.6 Å². The summed E-state index contributed by atoms with van der Waals surface area (Å²) in [5, 5.41) is 20.0. The lowest BCUT2D eigenvalue weighted by Crippen LogP contribution is -2.50. The van der Waals surface area contributed by atoms with Crippen LogP contribution in [0.25, 0.3) is 22.8 Å². The number of nitrogens with zero attached hydrogens (tertiary/aromatic N) is 4. The molecular formula is C65H87N8O25P3S2. The van der Waals surface area contributed by atoms with Gasteiger partial charge in [-0.25, -0.2) is 31.5 Å². The zero-order valence-electron chi connectivity index (χ0n) is 57.8. The van der Waals surface area contributed by atoms with E-state index in [2.05, 4.69) is 43.6 Å². The summed E-state index contributed by atoms with van der Waals surface area (Å²) in [7, 11) is -24.7. The molecule has 0 aliphatic carbocycles. The van der Waals surface area contributed by atoms with Gasteiger partial charge in [0.25, 0.3) is 21.6 Å². The van der Waals surface area contributed by atoms with Crippen LogP contribution >= 0.6 is 23.5 Å². The minimum absolute atomic E-state index is 0.00233. The first-order chi connectivity index (χ1) is 48.1. The van der Waals surface area contributed by atoms with Crippen LogP contribution in [0.2, 0.25) is 0 Å². The Labute approximate surface area is 594 Å². The quantitative estimate of drug-likeness (QED) is 0.0118. The molecule has 8 rings (SSSR count). The largest absolute Gasteiger partial charge is 0.748 e. The lowest BCUT2D eigenvalue weighted by atomic mass is 9.83. The maximum atomic E-state index is 14.8. The van der Waals surface area contributed by atoms with E-state index in [4.69, 9.17) is 19.3 Å². The normalized spacial score (nSPS) is 18.8. The summed E-state index contributed by atoms with van der Waals surface area (Å²) >= 11 is 0. The molecular weight excluding hydrogens is 1450 g/mol. The van der Waals surface area contributed by atoms with Crippen molar-refractivity contribution in [2.45, 2.75) is 142 Å². The van der Waals surface area contributed by atoms with Crippen molar-refractivity contribution >= 4 is 95.8 Å². The number of aliphatic hydroxyl groups excluding tert-OH is 1. The number of carbonyl (C=O) groups is 4.